The van der Waals surface area contributed by atoms with Gasteiger partial charge in [-0.1, -0.05) is 13.3 Å². The number of rotatable bonds is 11. The molecule has 5 heteroatoms. The molecule has 0 saturated heterocycles. The highest BCUT2D eigenvalue weighted by Gasteiger charge is 2.12. The Balaban J connectivity index is 3.52. The van der Waals surface area contributed by atoms with Crippen molar-refractivity contribution in [2.24, 2.45) is 17.2 Å². The van der Waals surface area contributed by atoms with Gasteiger partial charge in [-0.15, -0.1) is 0 Å². The predicted octanol–water partition coefficient (Wildman–Crippen LogP) is 0.295. The van der Waals surface area contributed by atoms with E-state index in [9.17, 15) is 5.11 Å². The van der Waals surface area contributed by atoms with Crippen molar-refractivity contribution in [2.45, 2.75) is 63.8 Å². The maximum atomic E-state index is 9.56. The van der Waals surface area contributed by atoms with Crippen LogP contribution >= 0.6 is 0 Å². The number of nitrogens with two attached hydrogens (primary N) is 3. The van der Waals surface area contributed by atoms with Gasteiger partial charge in [0, 0.05) is 25.1 Å². The van der Waals surface area contributed by atoms with Crippen molar-refractivity contribution in [3.05, 3.63) is 0 Å². The van der Waals surface area contributed by atoms with E-state index in [-0.39, 0.29) is 12.1 Å². The fraction of sp³-hybridized carbons (Fsp3) is 1.00. The van der Waals surface area contributed by atoms with Gasteiger partial charge in [-0.3, -0.25) is 0 Å². The summed E-state index contributed by atoms with van der Waals surface area (Å²) in [4.78, 5) is 0. The first-order chi connectivity index (χ1) is 8.10. The first-order valence-corrected chi connectivity index (χ1v) is 6.61. The lowest BCUT2D eigenvalue weighted by Gasteiger charge is -2.18. The summed E-state index contributed by atoms with van der Waals surface area (Å²) in [6.07, 6.45) is 4.22. The summed E-state index contributed by atoms with van der Waals surface area (Å²) in [5, 5.41) is 9.56. The van der Waals surface area contributed by atoms with Crippen LogP contribution in [-0.4, -0.2) is 36.6 Å². The second-order valence-corrected chi connectivity index (χ2v) is 4.59. The SMILES string of the molecule is CCCCOC(O)CC(N)CCC(N)CCN. The molecule has 7 N–H and O–H groups in total. The van der Waals surface area contributed by atoms with Crippen molar-refractivity contribution in [3.63, 3.8) is 0 Å². The zero-order chi connectivity index (χ0) is 13.1. The Bertz CT molecular complexity index is 170. The van der Waals surface area contributed by atoms with Gasteiger partial charge >= 0.3 is 0 Å². The van der Waals surface area contributed by atoms with Gasteiger partial charge < -0.3 is 27.0 Å². The maximum absolute atomic E-state index is 9.56. The molecule has 0 amide bonds. The second kappa shape index (κ2) is 10.9. The van der Waals surface area contributed by atoms with E-state index in [4.69, 9.17) is 21.9 Å². The first kappa shape index (κ1) is 16.8. The minimum absolute atomic E-state index is 0.0598. The molecule has 0 aromatic carbocycles. The molecule has 0 heterocycles. The molecule has 0 aliphatic heterocycles. The average Bonchev–Trinajstić information content (AvgIpc) is 2.27. The van der Waals surface area contributed by atoms with Gasteiger partial charge in [0.2, 0.25) is 0 Å². The summed E-state index contributed by atoms with van der Waals surface area (Å²) in [7, 11) is 0. The minimum atomic E-state index is -0.748. The van der Waals surface area contributed by atoms with E-state index >= 15 is 0 Å². The molecule has 0 saturated carbocycles. The fourth-order valence-corrected chi connectivity index (χ4v) is 1.60. The van der Waals surface area contributed by atoms with Crippen LogP contribution in [0.1, 0.15) is 45.4 Å². The lowest BCUT2D eigenvalue weighted by atomic mass is 10.0. The van der Waals surface area contributed by atoms with E-state index in [0.29, 0.717) is 19.6 Å². The van der Waals surface area contributed by atoms with Crippen LogP contribution in [0.2, 0.25) is 0 Å². The van der Waals surface area contributed by atoms with Crippen molar-refractivity contribution in [3.8, 4) is 0 Å². The van der Waals surface area contributed by atoms with Gasteiger partial charge in [0.05, 0.1) is 0 Å². The Hall–Kier alpha value is -0.200. The largest absolute Gasteiger partial charge is 0.368 e. The molecule has 0 spiro atoms. The van der Waals surface area contributed by atoms with Crippen molar-refractivity contribution >= 4 is 0 Å². The molecule has 3 atom stereocenters. The van der Waals surface area contributed by atoms with Crippen LogP contribution in [0, 0.1) is 0 Å². The molecule has 0 rings (SSSR count). The Morgan fingerprint density at radius 1 is 1.12 bits per heavy atom. The molecule has 0 fully saturated rings. The maximum Gasteiger partial charge on any atom is 0.156 e. The number of hydrogen-bond acceptors (Lipinski definition) is 5. The Kier molecular flexibility index (Phi) is 10.8. The van der Waals surface area contributed by atoms with Crippen LogP contribution < -0.4 is 17.2 Å². The number of aliphatic hydroxyl groups excluding tert-OH is 1. The Morgan fingerprint density at radius 3 is 2.35 bits per heavy atom. The normalized spacial score (nSPS) is 16.8. The average molecular weight is 247 g/mol. The molecule has 104 valence electrons. The van der Waals surface area contributed by atoms with Crippen molar-refractivity contribution < 1.29 is 9.84 Å². The molecule has 5 nitrogen and oxygen atoms in total. The molecule has 17 heavy (non-hydrogen) atoms. The summed E-state index contributed by atoms with van der Waals surface area (Å²) >= 11 is 0. The molecule has 0 aromatic rings. The second-order valence-electron chi connectivity index (χ2n) is 4.59. The van der Waals surface area contributed by atoms with Crippen molar-refractivity contribution in [1.82, 2.24) is 0 Å². The van der Waals surface area contributed by atoms with Crippen LogP contribution in [0.5, 0.6) is 0 Å². The van der Waals surface area contributed by atoms with E-state index in [0.717, 1.165) is 32.1 Å². The molecule has 0 aromatic heterocycles. The number of ether oxygens (including phenoxy) is 1. The molecule has 0 radical (unpaired) electrons. The lowest BCUT2D eigenvalue weighted by molar-refractivity contribution is -0.107. The van der Waals surface area contributed by atoms with Gasteiger partial charge in [-0.05, 0) is 32.2 Å². The van der Waals surface area contributed by atoms with Crippen LogP contribution in [0.3, 0.4) is 0 Å². The zero-order valence-electron chi connectivity index (χ0n) is 11.0. The number of hydrogen-bond donors (Lipinski definition) is 4. The summed E-state index contributed by atoms with van der Waals surface area (Å²) in [6.45, 7) is 3.29. The molecule has 0 bridgehead atoms. The fourth-order valence-electron chi connectivity index (χ4n) is 1.60. The highest BCUT2D eigenvalue weighted by molar-refractivity contribution is 4.69. The first-order valence-electron chi connectivity index (χ1n) is 6.61. The van der Waals surface area contributed by atoms with Gasteiger partial charge in [0.25, 0.3) is 0 Å². The van der Waals surface area contributed by atoms with Crippen LogP contribution in [0.4, 0.5) is 0 Å². The molecular formula is C12H29N3O2. The third-order valence-corrected chi connectivity index (χ3v) is 2.76. The lowest BCUT2D eigenvalue weighted by Crippen LogP contribution is -2.31. The molecule has 0 aliphatic carbocycles. The van der Waals surface area contributed by atoms with Crippen LogP contribution in [0.25, 0.3) is 0 Å². The highest BCUT2D eigenvalue weighted by Crippen LogP contribution is 2.07. The monoisotopic (exact) mass is 247 g/mol. The summed E-state index contributed by atoms with van der Waals surface area (Å²) < 4.78 is 5.23. The zero-order valence-corrected chi connectivity index (χ0v) is 11.0. The number of aliphatic hydroxyl groups is 1. The van der Waals surface area contributed by atoms with Crippen molar-refractivity contribution in [2.75, 3.05) is 13.2 Å². The smallest absolute Gasteiger partial charge is 0.156 e. The van der Waals surface area contributed by atoms with Gasteiger partial charge in [0.1, 0.15) is 0 Å². The van der Waals surface area contributed by atoms with E-state index in [2.05, 4.69) is 6.92 Å². The van der Waals surface area contributed by atoms with Crippen LogP contribution in [-0.2, 0) is 4.74 Å². The summed E-state index contributed by atoms with van der Waals surface area (Å²) in [5.74, 6) is 0. The quantitative estimate of drug-likeness (QED) is 0.310. The Labute approximate surface area is 105 Å². The minimum Gasteiger partial charge on any atom is -0.368 e. The Morgan fingerprint density at radius 2 is 1.76 bits per heavy atom. The van der Waals surface area contributed by atoms with E-state index < -0.39 is 6.29 Å². The van der Waals surface area contributed by atoms with E-state index in [1.807, 2.05) is 0 Å². The molecular weight excluding hydrogens is 218 g/mol. The van der Waals surface area contributed by atoms with Gasteiger partial charge in [0.15, 0.2) is 6.29 Å². The van der Waals surface area contributed by atoms with Gasteiger partial charge in [-0.25, -0.2) is 0 Å². The summed E-state index contributed by atoms with van der Waals surface area (Å²) in [6, 6.07) is 0.0552. The topological polar surface area (TPSA) is 108 Å². The van der Waals surface area contributed by atoms with Crippen molar-refractivity contribution in [1.29, 1.82) is 0 Å². The highest BCUT2D eigenvalue weighted by atomic mass is 16.6. The van der Waals surface area contributed by atoms with Crippen LogP contribution in [0.15, 0.2) is 0 Å². The molecule has 0 aliphatic rings. The predicted molar refractivity (Wildman–Crippen MR) is 70.3 cm³/mol. The van der Waals surface area contributed by atoms with E-state index in [1.165, 1.54) is 0 Å². The third-order valence-electron chi connectivity index (χ3n) is 2.76. The summed E-state index contributed by atoms with van der Waals surface area (Å²) in [5.41, 5.74) is 17.1. The number of unbranched alkanes of at least 4 members (excludes halogenated alkanes) is 1. The van der Waals surface area contributed by atoms with Gasteiger partial charge in [-0.2, -0.15) is 0 Å². The molecule has 3 unspecified atom stereocenters. The van der Waals surface area contributed by atoms with E-state index in [1.54, 1.807) is 0 Å². The third kappa shape index (κ3) is 10.7. The standard InChI is InChI=1S/C12H29N3O2/c1-2-3-8-17-12(16)9-11(15)5-4-10(14)6-7-13/h10-12,16H,2-9,13-15H2,1H3.